The van der Waals surface area contributed by atoms with E-state index in [4.69, 9.17) is 10.5 Å². The highest BCUT2D eigenvalue weighted by Crippen LogP contribution is 2.22. The van der Waals surface area contributed by atoms with Gasteiger partial charge < -0.3 is 15.8 Å². The molecule has 0 bridgehead atoms. The molecule has 2 aromatic carbocycles. The minimum atomic E-state index is -0.562. The van der Waals surface area contributed by atoms with E-state index in [1.54, 1.807) is 7.11 Å². The number of hydrogen-bond acceptors (Lipinski definition) is 3. The van der Waals surface area contributed by atoms with E-state index >= 15 is 0 Å². The van der Waals surface area contributed by atoms with Crippen molar-refractivity contribution < 1.29 is 9.53 Å². The van der Waals surface area contributed by atoms with Gasteiger partial charge in [0.2, 0.25) is 5.91 Å². The lowest BCUT2D eigenvalue weighted by atomic mass is 10.1. The van der Waals surface area contributed by atoms with Gasteiger partial charge in [0.05, 0.1) is 7.11 Å². The SMILES string of the molecule is COc1cccc(N[C@@H](C(N)=O)c2ccccc2)c1. The van der Waals surface area contributed by atoms with E-state index in [0.717, 1.165) is 17.0 Å². The Morgan fingerprint density at radius 1 is 1.16 bits per heavy atom. The molecule has 0 saturated carbocycles. The van der Waals surface area contributed by atoms with Crippen LogP contribution < -0.4 is 15.8 Å². The summed E-state index contributed by atoms with van der Waals surface area (Å²) in [6.07, 6.45) is 0. The monoisotopic (exact) mass is 256 g/mol. The second-order valence-electron chi connectivity index (χ2n) is 4.12. The van der Waals surface area contributed by atoms with Gasteiger partial charge in [0, 0.05) is 11.8 Å². The van der Waals surface area contributed by atoms with Gasteiger partial charge in [-0.1, -0.05) is 36.4 Å². The van der Waals surface area contributed by atoms with E-state index in [2.05, 4.69) is 5.32 Å². The Labute approximate surface area is 112 Å². The summed E-state index contributed by atoms with van der Waals surface area (Å²) in [5.74, 6) is 0.301. The molecule has 0 aliphatic carbocycles. The molecule has 0 aliphatic rings. The van der Waals surface area contributed by atoms with Gasteiger partial charge in [0.15, 0.2) is 0 Å². The van der Waals surface area contributed by atoms with Gasteiger partial charge >= 0.3 is 0 Å². The van der Waals surface area contributed by atoms with Gasteiger partial charge in [-0.05, 0) is 17.7 Å². The summed E-state index contributed by atoms with van der Waals surface area (Å²) >= 11 is 0. The fourth-order valence-electron chi connectivity index (χ4n) is 1.84. The number of hydrogen-bond donors (Lipinski definition) is 2. The van der Waals surface area contributed by atoms with Crippen molar-refractivity contribution in [2.45, 2.75) is 6.04 Å². The normalized spacial score (nSPS) is 11.6. The quantitative estimate of drug-likeness (QED) is 0.863. The standard InChI is InChI=1S/C15H16N2O2/c1-19-13-9-5-8-12(10-13)17-14(15(16)18)11-6-3-2-4-7-11/h2-10,14,17H,1H3,(H2,16,18)/t14-/m1/s1. The first-order chi connectivity index (χ1) is 9.20. The van der Waals surface area contributed by atoms with E-state index in [1.165, 1.54) is 0 Å². The van der Waals surface area contributed by atoms with Crippen molar-refractivity contribution in [2.24, 2.45) is 5.73 Å². The first-order valence-corrected chi connectivity index (χ1v) is 5.95. The van der Waals surface area contributed by atoms with Crippen molar-refractivity contribution in [3.05, 3.63) is 60.2 Å². The van der Waals surface area contributed by atoms with E-state index in [1.807, 2.05) is 54.6 Å². The molecule has 1 amide bonds. The Morgan fingerprint density at radius 3 is 2.53 bits per heavy atom. The molecule has 4 heteroatoms. The molecule has 3 N–H and O–H groups in total. The molecule has 4 nitrogen and oxygen atoms in total. The molecule has 2 rings (SSSR count). The molecule has 2 aromatic rings. The van der Waals surface area contributed by atoms with Gasteiger partial charge in [-0.3, -0.25) is 4.79 Å². The maximum Gasteiger partial charge on any atom is 0.244 e. The summed E-state index contributed by atoms with van der Waals surface area (Å²) in [5.41, 5.74) is 7.07. The average molecular weight is 256 g/mol. The Balaban J connectivity index is 2.24. The molecule has 0 aromatic heterocycles. The number of benzene rings is 2. The van der Waals surface area contributed by atoms with Crippen LogP contribution in [0.15, 0.2) is 54.6 Å². The maximum atomic E-state index is 11.6. The summed E-state index contributed by atoms with van der Waals surface area (Å²) in [5, 5.41) is 3.11. The lowest BCUT2D eigenvalue weighted by Crippen LogP contribution is -2.27. The Kier molecular flexibility index (Phi) is 4.03. The van der Waals surface area contributed by atoms with Gasteiger partial charge in [-0.15, -0.1) is 0 Å². The van der Waals surface area contributed by atoms with Crippen molar-refractivity contribution in [3.63, 3.8) is 0 Å². The third-order valence-electron chi connectivity index (χ3n) is 2.80. The molecule has 0 radical (unpaired) electrons. The van der Waals surface area contributed by atoms with Crippen LogP contribution in [0, 0.1) is 0 Å². The fourth-order valence-corrected chi connectivity index (χ4v) is 1.84. The zero-order chi connectivity index (χ0) is 13.7. The number of primary amides is 1. The van der Waals surface area contributed by atoms with Crippen molar-refractivity contribution in [2.75, 3.05) is 12.4 Å². The van der Waals surface area contributed by atoms with Gasteiger partial charge in [-0.25, -0.2) is 0 Å². The Bertz CT molecular complexity index is 555. The van der Waals surface area contributed by atoms with Crippen molar-refractivity contribution >= 4 is 11.6 Å². The molecule has 19 heavy (non-hydrogen) atoms. The molecule has 0 heterocycles. The number of anilines is 1. The van der Waals surface area contributed by atoms with Crippen LogP contribution >= 0.6 is 0 Å². The lowest BCUT2D eigenvalue weighted by Gasteiger charge is -2.17. The van der Waals surface area contributed by atoms with Gasteiger partial charge in [-0.2, -0.15) is 0 Å². The smallest absolute Gasteiger partial charge is 0.244 e. The van der Waals surface area contributed by atoms with Crippen LogP contribution in [0.4, 0.5) is 5.69 Å². The van der Waals surface area contributed by atoms with Crippen LogP contribution in [0.1, 0.15) is 11.6 Å². The number of carbonyl (C=O) groups is 1. The molecule has 0 aliphatic heterocycles. The molecular formula is C15H16N2O2. The van der Waals surface area contributed by atoms with Crippen LogP contribution in [0.2, 0.25) is 0 Å². The lowest BCUT2D eigenvalue weighted by molar-refractivity contribution is -0.118. The zero-order valence-corrected chi connectivity index (χ0v) is 10.7. The average Bonchev–Trinajstić information content (AvgIpc) is 2.45. The molecule has 0 unspecified atom stereocenters. The third kappa shape index (κ3) is 3.25. The first-order valence-electron chi connectivity index (χ1n) is 5.95. The predicted molar refractivity (Wildman–Crippen MR) is 75.0 cm³/mol. The second-order valence-corrected chi connectivity index (χ2v) is 4.12. The summed E-state index contributed by atoms with van der Waals surface area (Å²) in [6, 6.07) is 16.2. The highest BCUT2D eigenvalue weighted by atomic mass is 16.5. The Hall–Kier alpha value is -2.49. The van der Waals surface area contributed by atoms with Crippen LogP contribution in [0.5, 0.6) is 5.75 Å². The van der Waals surface area contributed by atoms with E-state index < -0.39 is 11.9 Å². The molecule has 0 spiro atoms. The highest BCUT2D eigenvalue weighted by molar-refractivity contribution is 5.84. The summed E-state index contributed by atoms with van der Waals surface area (Å²) in [4.78, 5) is 11.6. The molecule has 1 atom stereocenters. The molecular weight excluding hydrogens is 240 g/mol. The maximum absolute atomic E-state index is 11.6. The number of amides is 1. The second kappa shape index (κ2) is 5.91. The Morgan fingerprint density at radius 2 is 1.89 bits per heavy atom. The number of rotatable bonds is 5. The fraction of sp³-hybridized carbons (Fsp3) is 0.133. The molecule has 0 fully saturated rings. The van der Waals surface area contributed by atoms with Gasteiger partial charge in [0.1, 0.15) is 11.8 Å². The minimum Gasteiger partial charge on any atom is -0.497 e. The predicted octanol–water partition coefficient (Wildman–Crippen LogP) is 2.33. The number of methoxy groups -OCH3 is 1. The van der Waals surface area contributed by atoms with E-state index in [9.17, 15) is 4.79 Å². The minimum absolute atomic E-state index is 0.422. The van der Waals surface area contributed by atoms with Crippen LogP contribution in [0.25, 0.3) is 0 Å². The van der Waals surface area contributed by atoms with E-state index in [-0.39, 0.29) is 0 Å². The molecule has 98 valence electrons. The molecule has 0 saturated heterocycles. The summed E-state index contributed by atoms with van der Waals surface area (Å²) < 4.78 is 5.15. The van der Waals surface area contributed by atoms with Crippen molar-refractivity contribution in [3.8, 4) is 5.75 Å². The number of nitrogens with two attached hydrogens (primary N) is 1. The van der Waals surface area contributed by atoms with Crippen molar-refractivity contribution in [1.29, 1.82) is 0 Å². The van der Waals surface area contributed by atoms with Crippen LogP contribution in [-0.2, 0) is 4.79 Å². The third-order valence-corrected chi connectivity index (χ3v) is 2.80. The van der Waals surface area contributed by atoms with Crippen LogP contribution in [0.3, 0.4) is 0 Å². The zero-order valence-electron chi connectivity index (χ0n) is 10.7. The van der Waals surface area contributed by atoms with Crippen molar-refractivity contribution in [1.82, 2.24) is 0 Å². The summed E-state index contributed by atoms with van der Waals surface area (Å²) in [7, 11) is 1.60. The number of carbonyl (C=O) groups excluding carboxylic acids is 1. The van der Waals surface area contributed by atoms with Crippen LogP contribution in [-0.4, -0.2) is 13.0 Å². The largest absolute Gasteiger partial charge is 0.497 e. The number of nitrogens with one attached hydrogen (secondary N) is 1. The van der Waals surface area contributed by atoms with E-state index in [0.29, 0.717) is 0 Å². The first kappa shape index (κ1) is 13.0. The topological polar surface area (TPSA) is 64.3 Å². The van der Waals surface area contributed by atoms with Gasteiger partial charge in [0.25, 0.3) is 0 Å². The highest BCUT2D eigenvalue weighted by Gasteiger charge is 2.17. The summed E-state index contributed by atoms with van der Waals surface area (Å²) in [6.45, 7) is 0. The number of ether oxygens (including phenoxy) is 1.